The number of aliphatic hydroxyl groups excluding tert-OH is 6. The number of ether oxygens (including phenoxy) is 2. The monoisotopic (exact) mass is 947 g/mol. The van der Waals surface area contributed by atoms with E-state index in [1.807, 2.05) is 48.6 Å². The summed E-state index contributed by atoms with van der Waals surface area (Å²) in [6.45, 7) is 2.90. The highest BCUT2D eigenvalue weighted by atomic mass is 31.2. The van der Waals surface area contributed by atoms with E-state index in [1.165, 1.54) is 0 Å². The second-order valence-corrected chi connectivity index (χ2v) is 17.1. The van der Waals surface area contributed by atoms with Crippen LogP contribution in [0.3, 0.4) is 0 Å². The molecule has 0 heterocycles. The van der Waals surface area contributed by atoms with Crippen molar-refractivity contribution in [1.29, 1.82) is 0 Å². The Kier molecular flexibility index (Phi) is 35.8. The molecule has 9 atom stereocenters. The molecule has 15 heteroatoms. The molecule has 0 amide bonds. The van der Waals surface area contributed by atoms with E-state index in [0.29, 0.717) is 32.1 Å². The fraction of sp³-hybridized carbons (Fsp3) is 0.569. The first kappa shape index (κ1) is 60.2. The first-order valence-corrected chi connectivity index (χ1v) is 24.9. The minimum atomic E-state index is -5.17. The molecular formula is C51H79O14P. The average Bonchev–Trinajstić information content (AvgIpc) is 3.29. The number of carbonyl (C=O) groups is 2. The summed E-state index contributed by atoms with van der Waals surface area (Å²) in [4.78, 5) is 35.7. The lowest BCUT2D eigenvalue weighted by Gasteiger charge is -2.41. The number of phosphoric ester groups is 1. The van der Waals surface area contributed by atoms with E-state index < -0.39 is 81.8 Å². The molecule has 0 aromatic heterocycles. The summed E-state index contributed by atoms with van der Waals surface area (Å²) in [6.07, 6.45) is 38.5. The smallest absolute Gasteiger partial charge is 0.462 e. The van der Waals surface area contributed by atoms with Gasteiger partial charge in [0.1, 0.15) is 43.2 Å². The van der Waals surface area contributed by atoms with E-state index in [4.69, 9.17) is 18.5 Å². The van der Waals surface area contributed by atoms with Gasteiger partial charge in [-0.25, -0.2) is 4.57 Å². The number of hydrogen-bond acceptors (Lipinski definition) is 13. The molecule has 0 radical (unpaired) electrons. The Morgan fingerprint density at radius 1 is 0.545 bits per heavy atom. The van der Waals surface area contributed by atoms with Crippen LogP contribution in [-0.4, -0.2) is 110 Å². The van der Waals surface area contributed by atoms with Crippen molar-refractivity contribution in [2.24, 2.45) is 0 Å². The normalized spacial score (nSPS) is 22.9. The third-order valence-corrected chi connectivity index (χ3v) is 10.9. The first-order chi connectivity index (χ1) is 31.8. The SMILES string of the molecule is CC/C=C\C/C=C\C/C=C\C/C=C\CCCCCCC(=O)OC[C@H](COP(=O)(O)OC1[C@H](O)[C@H](O)C(O)[C@H](O)[C@H]1O)OC(=O)CC/C=C\C/C=C\C/C=C\C=C\C(O)C/C=C\C/C=C\CC. The van der Waals surface area contributed by atoms with Crippen LogP contribution in [0.4, 0.5) is 0 Å². The molecule has 0 bridgehead atoms. The third kappa shape index (κ3) is 31.2. The molecule has 14 nitrogen and oxygen atoms in total. The van der Waals surface area contributed by atoms with E-state index in [-0.39, 0.29) is 12.8 Å². The standard InChI is InChI=1S/C51H79O14P/c1-3-5-7-9-11-12-13-14-15-16-17-18-19-23-26-30-34-38-44(53)62-40-43(41-63-66(60,61)65-51-49(58)47(56)46(55)48(57)50(51)59)64-45(54)39-35-31-27-24-21-20-22-25-29-33-37-42(52)36-32-28-10-8-6-4-2/h5-8,11-12,14-15,17-18,20-21,25,27-29,31-33,37,42-43,46-52,55-59H,3-4,9-10,13,16,19,22-24,26,30,34-36,38-41H2,1-2H3,(H,60,61)/b7-5-,8-6-,12-11-,15-14-,18-17-,21-20-,29-25-,31-27-,32-28-,37-33+/t42?,43-,46?,47-,48+,49-,50-,51?/m1/s1. The van der Waals surface area contributed by atoms with E-state index >= 15 is 0 Å². The summed E-state index contributed by atoms with van der Waals surface area (Å²) < 4.78 is 33.4. The molecule has 372 valence electrons. The molecule has 0 aliphatic heterocycles. The summed E-state index contributed by atoms with van der Waals surface area (Å²) in [6, 6.07) is 0. The van der Waals surface area contributed by atoms with Gasteiger partial charge in [-0.05, 0) is 83.5 Å². The zero-order valence-corrected chi connectivity index (χ0v) is 39.9. The zero-order valence-electron chi connectivity index (χ0n) is 39.0. The molecule has 1 fully saturated rings. The number of rotatable bonds is 36. The van der Waals surface area contributed by atoms with E-state index in [2.05, 4.69) is 74.6 Å². The Labute approximate surface area is 393 Å². The van der Waals surface area contributed by atoms with Crippen molar-refractivity contribution in [3.63, 3.8) is 0 Å². The molecule has 7 N–H and O–H groups in total. The van der Waals surface area contributed by atoms with Gasteiger partial charge in [-0.2, -0.15) is 0 Å². The number of aliphatic hydroxyl groups is 6. The van der Waals surface area contributed by atoms with Crippen molar-refractivity contribution in [3.05, 3.63) is 122 Å². The fourth-order valence-electron chi connectivity index (χ4n) is 6.15. The number of unbranched alkanes of at least 4 members (excludes halogenated alkanes) is 4. The van der Waals surface area contributed by atoms with Crippen LogP contribution in [0.25, 0.3) is 0 Å². The predicted octanol–water partition coefficient (Wildman–Crippen LogP) is 8.36. The molecule has 0 aromatic carbocycles. The van der Waals surface area contributed by atoms with Crippen molar-refractivity contribution in [2.75, 3.05) is 13.2 Å². The van der Waals surface area contributed by atoms with Crippen LogP contribution in [0.1, 0.15) is 123 Å². The van der Waals surface area contributed by atoms with Crippen LogP contribution in [-0.2, 0) is 32.7 Å². The second kappa shape index (κ2) is 39.2. The van der Waals surface area contributed by atoms with E-state index in [0.717, 1.165) is 64.2 Å². The van der Waals surface area contributed by atoms with Crippen LogP contribution in [0.15, 0.2) is 122 Å². The van der Waals surface area contributed by atoms with Crippen molar-refractivity contribution in [2.45, 2.75) is 172 Å². The van der Waals surface area contributed by atoms with Crippen molar-refractivity contribution in [3.8, 4) is 0 Å². The molecule has 66 heavy (non-hydrogen) atoms. The minimum Gasteiger partial charge on any atom is -0.462 e. The molecule has 1 saturated carbocycles. The maximum atomic E-state index is 12.8. The highest BCUT2D eigenvalue weighted by molar-refractivity contribution is 7.47. The Hall–Kier alpha value is -3.79. The van der Waals surface area contributed by atoms with Crippen molar-refractivity contribution >= 4 is 19.8 Å². The van der Waals surface area contributed by atoms with E-state index in [9.17, 15) is 49.7 Å². The highest BCUT2D eigenvalue weighted by Crippen LogP contribution is 2.47. The molecule has 0 saturated heterocycles. The molecule has 1 aliphatic carbocycles. The zero-order chi connectivity index (χ0) is 48.7. The lowest BCUT2D eigenvalue weighted by molar-refractivity contribution is -0.220. The lowest BCUT2D eigenvalue weighted by atomic mass is 9.85. The van der Waals surface area contributed by atoms with Gasteiger partial charge < -0.3 is 45.0 Å². The van der Waals surface area contributed by atoms with Gasteiger partial charge in [-0.1, -0.05) is 148 Å². The van der Waals surface area contributed by atoms with Crippen LogP contribution in [0, 0.1) is 0 Å². The van der Waals surface area contributed by atoms with Crippen LogP contribution in [0.5, 0.6) is 0 Å². The van der Waals surface area contributed by atoms with Gasteiger partial charge in [0.15, 0.2) is 6.10 Å². The number of carbonyl (C=O) groups excluding carboxylic acids is 2. The van der Waals surface area contributed by atoms with Gasteiger partial charge in [-0.15, -0.1) is 0 Å². The summed E-state index contributed by atoms with van der Waals surface area (Å²) in [5.41, 5.74) is 0. The average molecular weight is 947 g/mol. The van der Waals surface area contributed by atoms with Gasteiger partial charge in [-0.3, -0.25) is 18.6 Å². The summed E-state index contributed by atoms with van der Waals surface area (Å²) >= 11 is 0. The maximum Gasteiger partial charge on any atom is 0.472 e. The Balaban J connectivity index is 2.57. The third-order valence-electron chi connectivity index (χ3n) is 9.89. The van der Waals surface area contributed by atoms with Gasteiger partial charge in [0, 0.05) is 12.8 Å². The summed E-state index contributed by atoms with van der Waals surface area (Å²) in [5, 5.41) is 60.2. The highest BCUT2D eigenvalue weighted by Gasteiger charge is 2.51. The Morgan fingerprint density at radius 3 is 1.61 bits per heavy atom. The molecule has 1 rings (SSSR count). The number of allylic oxidation sites excluding steroid dienone is 18. The quantitative estimate of drug-likeness (QED) is 0.0103. The van der Waals surface area contributed by atoms with E-state index in [1.54, 1.807) is 12.2 Å². The van der Waals surface area contributed by atoms with Gasteiger partial charge in [0.2, 0.25) is 0 Å². The maximum absolute atomic E-state index is 12.8. The van der Waals surface area contributed by atoms with Gasteiger partial charge in [0.25, 0.3) is 0 Å². The predicted molar refractivity (Wildman–Crippen MR) is 259 cm³/mol. The Morgan fingerprint density at radius 2 is 1.03 bits per heavy atom. The van der Waals surface area contributed by atoms with Crippen molar-refractivity contribution in [1.82, 2.24) is 0 Å². The fourth-order valence-corrected chi connectivity index (χ4v) is 7.12. The van der Waals surface area contributed by atoms with Crippen LogP contribution in [0.2, 0.25) is 0 Å². The molecular weight excluding hydrogens is 868 g/mol. The van der Waals surface area contributed by atoms with Crippen LogP contribution >= 0.6 is 7.82 Å². The molecule has 1 aliphatic rings. The number of esters is 2. The van der Waals surface area contributed by atoms with Gasteiger partial charge in [0.05, 0.1) is 12.7 Å². The number of phosphoric acid groups is 1. The van der Waals surface area contributed by atoms with Crippen LogP contribution < -0.4 is 0 Å². The molecule has 0 spiro atoms. The second-order valence-electron chi connectivity index (χ2n) is 15.7. The summed E-state index contributed by atoms with van der Waals surface area (Å²) in [5.74, 6) is -1.27. The molecule has 4 unspecified atom stereocenters. The lowest BCUT2D eigenvalue weighted by Crippen LogP contribution is -2.64. The summed E-state index contributed by atoms with van der Waals surface area (Å²) in [7, 11) is -5.17. The largest absolute Gasteiger partial charge is 0.472 e. The first-order valence-electron chi connectivity index (χ1n) is 23.4. The Bertz CT molecular complexity index is 1630. The topological polar surface area (TPSA) is 230 Å². The van der Waals surface area contributed by atoms with Gasteiger partial charge >= 0.3 is 19.8 Å². The molecule has 0 aromatic rings. The number of hydrogen-bond donors (Lipinski definition) is 7. The minimum absolute atomic E-state index is 0.0654. The van der Waals surface area contributed by atoms with Crippen molar-refractivity contribution < 1.29 is 68.2 Å².